The molecule has 1 aromatic carbocycles. The highest BCUT2D eigenvalue weighted by Gasteiger charge is 2.15. The maximum Gasteiger partial charge on any atom is 0.137 e. The van der Waals surface area contributed by atoms with Gasteiger partial charge in [-0.25, -0.2) is 0 Å². The molecule has 17 heavy (non-hydrogen) atoms. The third-order valence-corrected chi connectivity index (χ3v) is 3.48. The van der Waals surface area contributed by atoms with E-state index in [9.17, 15) is 0 Å². The Morgan fingerprint density at radius 1 is 1.41 bits per heavy atom. The summed E-state index contributed by atoms with van der Waals surface area (Å²) in [7, 11) is 0. The number of hydrogen-bond acceptors (Lipinski definition) is 2. The molecule has 1 saturated heterocycles. The second-order valence-corrected chi connectivity index (χ2v) is 4.85. The summed E-state index contributed by atoms with van der Waals surface area (Å²) < 4.78 is 11.2. The molecule has 0 aromatic heterocycles. The van der Waals surface area contributed by atoms with Gasteiger partial charge in [0.05, 0.1) is 17.7 Å². The lowest BCUT2D eigenvalue weighted by Crippen LogP contribution is -2.10. The van der Waals surface area contributed by atoms with Crippen LogP contribution < -0.4 is 4.74 Å². The third-order valence-electron chi connectivity index (χ3n) is 2.87. The van der Waals surface area contributed by atoms with Gasteiger partial charge in [-0.05, 0) is 30.5 Å². The summed E-state index contributed by atoms with van der Waals surface area (Å²) in [5.41, 5.74) is 1.00. The Morgan fingerprint density at radius 2 is 2.29 bits per heavy atom. The average Bonchev–Trinajstić information content (AvgIpc) is 2.84. The van der Waals surface area contributed by atoms with Crippen molar-refractivity contribution in [2.24, 2.45) is 0 Å². The zero-order valence-electron chi connectivity index (χ0n) is 9.62. The van der Waals surface area contributed by atoms with Gasteiger partial charge in [0, 0.05) is 18.9 Å². The average molecular weight is 275 g/mol. The maximum absolute atomic E-state index is 6.09. The van der Waals surface area contributed by atoms with Gasteiger partial charge in [0.1, 0.15) is 5.75 Å². The number of hydrogen-bond donors (Lipinski definition) is 0. The van der Waals surface area contributed by atoms with Gasteiger partial charge in [0.2, 0.25) is 0 Å². The summed E-state index contributed by atoms with van der Waals surface area (Å²) in [6, 6.07) is 5.64. The minimum absolute atomic E-state index is 0.357. The Labute approximate surface area is 112 Å². The second kappa shape index (κ2) is 6.48. The maximum atomic E-state index is 6.09. The molecule has 4 heteroatoms. The van der Waals surface area contributed by atoms with Crippen LogP contribution >= 0.6 is 23.2 Å². The van der Waals surface area contributed by atoms with Crippen LogP contribution in [0.2, 0.25) is 5.02 Å². The predicted octanol–water partition coefficient (Wildman–Crippen LogP) is 4.03. The van der Waals surface area contributed by atoms with Crippen LogP contribution in [0, 0.1) is 0 Å². The van der Waals surface area contributed by atoms with Crippen molar-refractivity contribution >= 4 is 23.2 Å². The molecular formula is C13H16Cl2O2. The van der Waals surface area contributed by atoms with Gasteiger partial charge in [-0.1, -0.05) is 17.7 Å². The van der Waals surface area contributed by atoms with Crippen LogP contribution in [0.25, 0.3) is 0 Å². The molecule has 1 atom stereocenters. The van der Waals surface area contributed by atoms with Crippen LogP contribution in [0.15, 0.2) is 18.2 Å². The number of alkyl halides is 1. The summed E-state index contributed by atoms with van der Waals surface area (Å²) in [6.07, 6.45) is 3.59. The first-order valence-corrected chi connectivity index (χ1v) is 6.79. The minimum atomic E-state index is 0.357. The van der Waals surface area contributed by atoms with E-state index in [0.29, 0.717) is 23.6 Å². The zero-order chi connectivity index (χ0) is 12.1. The van der Waals surface area contributed by atoms with E-state index in [2.05, 4.69) is 0 Å². The third kappa shape index (κ3) is 3.77. The van der Waals surface area contributed by atoms with E-state index in [0.717, 1.165) is 37.2 Å². The molecule has 1 aromatic rings. The summed E-state index contributed by atoms with van der Waals surface area (Å²) in [6.45, 7) is 1.53. The SMILES string of the molecule is ClCc1ccc(OCCC2CCCO2)c(Cl)c1. The number of halogens is 2. The van der Waals surface area contributed by atoms with Crippen LogP contribution in [0.1, 0.15) is 24.8 Å². The van der Waals surface area contributed by atoms with Crippen molar-refractivity contribution in [1.29, 1.82) is 0 Å². The van der Waals surface area contributed by atoms with E-state index in [1.807, 2.05) is 18.2 Å². The molecule has 94 valence electrons. The van der Waals surface area contributed by atoms with Gasteiger partial charge in [-0.3, -0.25) is 0 Å². The molecule has 0 spiro atoms. The van der Waals surface area contributed by atoms with Crippen molar-refractivity contribution in [3.63, 3.8) is 0 Å². The molecule has 0 N–H and O–H groups in total. The highest BCUT2D eigenvalue weighted by Crippen LogP contribution is 2.26. The largest absolute Gasteiger partial charge is 0.492 e. The molecule has 2 nitrogen and oxygen atoms in total. The van der Waals surface area contributed by atoms with Gasteiger partial charge in [0.25, 0.3) is 0 Å². The van der Waals surface area contributed by atoms with Crippen LogP contribution in [0.3, 0.4) is 0 Å². The molecule has 1 aliphatic rings. The first kappa shape index (κ1) is 13.0. The van der Waals surface area contributed by atoms with Crippen molar-refractivity contribution in [3.05, 3.63) is 28.8 Å². The molecule has 0 saturated carbocycles. The summed E-state index contributed by atoms with van der Waals surface area (Å²) >= 11 is 11.8. The fraction of sp³-hybridized carbons (Fsp3) is 0.538. The number of benzene rings is 1. The highest BCUT2D eigenvalue weighted by atomic mass is 35.5. The van der Waals surface area contributed by atoms with Gasteiger partial charge >= 0.3 is 0 Å². The van der Waals surface area contributed by atoms with E-state index < -0.39 is 0 Å². The molecule has 0 bridgehead atoms. The Morgan fingerprint density at radius 3 is 2.94 bits per heavy atom. The van der Waals surface area contributed by atoms with Gasteiger partial charge < -0.3 is 9.47 Å². The number of ether oxygens (including phenoxy) is 2. The van der Waals surface area contributed by atoms with E-state index >= 15 is 0 Å². The molecule has 1 heterocycles. The van der Waals surface area contributed by atoms with Crippen molar-refractivity contribution < 1.29 is 9.47 Å². The lowest BCUT2D eigenvalue weighted by atomic mass is 10.2. The summed E-state index contributed by atoms with van der Waals surface area (Å²) in [5.74, 6) is 1.19. The van der Waals surface area contributed by atoms with E-state index in [4.69, 9.17) is 32.7 Å². The second-order valence-electron chi connectivity index (χ2n) is 4.17. The molecule has 1 fully saturated rings. The predicted molar refractivity (Wildman–Crippen MR) is 70.1 cm³/mol. The lowest BCUT2D eigenvalue weighted by molar-refractivity contribution is 0.0904. The van der Waals surface area contributed by atoms with E-state index in [1.54, 1.807) is 0 Å². The van der Waals surface area contributed by atoms with Crippen molar-refractivity contribution in [1.82, 2.24) is 0 Å². The standard InChI is InChI=1S/C13H16Cl2O2/c14-9-10-3-4-13(12(15)8-10)17-7-5-11-2-1-6-16-11/h3-4,8,11H,1-2,5-7,9H2. The van der Waals surface area contributed by atoms with E-state index in [-0.39, 0.29) is 0 Å². The molecule has 0 amide bonds. The Bertz CT molecular complexity index is 362. The fourth-order valence-electron chi connectivity index (χ4n) is 1.92. The molecule has 1 unspecified atom stereocenters. The molecule has 1 aliphatic heterocycles. The smallest absolute Gasteiger partial charge is 0.137 e. The van der Waals surface area contributed by atoms with Crippen molar-refractivity contribution in [3.8, 4) is 5.75 Å². The van der Waals surface area contributed by atoms with Crippen LogP contribution in [0.5, 0.6) is 5.75 Å². The zero-order valence-corrected chi connectivity index (χ0v) is 11.1. The van der Waals surface area contributed by atoms with Crippen LogP contribution in [-0.2, 0) is 10.6 Å². The Hall–Kier alpha value is -0.440. The fourth-order valence-corrected chi connectivity index (χ4v) is 2.34. The minimum Gasteiger partial charge on any atom is -0.492 e. The quantitative estimate of drug-likeness (QED) is 0.755. The normalized spacial score (nSPS) is 19.5. The monoisotopic (exact) mass is 274 g/mol. The van der Waals surface area contributed by atoms with E-state index in [1.165, 1.54) is 0 Å². The van der Waals surface area contributed by atoms with Crippen molar-refractivity contribution in [2.75, 3.05) is 13.2 Å². The van der Waals surface area contributed by atoms with Gasteiger partial charge in [-0.15, -0.1) is 11.6 Å². The highest BCUT2D eigenvalue weighted by molar-refractivity contribution is 6.32. The molecule has 0 aliphatic carbocycles. The van der Waals surface area contributed by atoms with Crippen molar-refractivity contribution in [2.45, 2.75) is 31.2 Å². The topological polar surface area (TPSA) is 18.5 Å². The summed E-state index contributed by atoms with van der Waals surface area (Å²) in [5, 5.41) is 0.621. The Balaban J connectivity index is 1.81. The molecule has 2 rings (SSSR count). The van der Waals surface area contributed by atoms with Crippen LogP contribution in [0.4, 0.5) is 0 Å². The Kier molecular flexibility index (Phi) is 4.96. The first-order valence-electron chi connectivity index (χ1n) is 5.88. The van der Waals surface area contributed by atoms with Crippen LogP contribution in [-0.4, -0.2) is 19.3 Å². The molecule has 0 radical (unpaired) electrons. The molecular weight excluding hydrogens is 259 g/mol. The summed E-state index contributed by atoms with van der Waals surface area (Å²) in [4.78, 5) is 0. The lowest BCUT2D eigenvalue weighted by Gasteiger charge is -2.12. The van der Waals surface area contributed by atoms with Gasteiger partial charge in [0.15, 0.2) is 0 Å². The number of rotatable bonds is 5. The van der Waals surface area contributed by atoms with Gasteiger partial charge in [-0.2, -0.15) is 0 Å². The first-order chi connectivity index (χ1) is 8.29.